The van der Waals surface area contributed by atoms with Gasteiger partial charge in [-0.05, 0) is 45.4 Å². The van der Waals surface area contributed by atoms with Gasteiger partial charge >= 0.3 is 0 Å². The van der Waals surface area contributed by atoms with E-state index in [1.165, 1.54) is 21.5 Å². The highest BCUT2D eigenvalue weighted by atomic mass is 32.1. The van der Waals surface area contributed by atoms with E-state index >= 15 is 0 Å². The number of aryl methyl sites for hydroxylation is 2. The van der Waals surface area contributed by atoms with Gasteiger partial charge in [0.15, 0.2) is 0 Å². The van der Waals surface area contributed by atoms with E-state index in [9.17, 15) is 0 Å². The summed E-state index contributed by atoms with van der Waals surface area (Å²) in [5.74, 6) is 0.952. The molecule has 0 bridgehead atoms. The van der Waals surface area contributed by atoms with Crippen molar-refractivity contribution in [2.24, 2.45) is 0 Å². The molecule has 6 nitrogen and oxygen atoms in total. The van der Waals surface area contributed by atoms with E-state index in [4.69, 9.17) is 0 Å². The second-order valence-electron chi connectivity index (χ2n) is 6.49. The van der Waals surface area contributed by atoms with Crippen molar-refractivity contribution < 1.29 is 0 Å². The number of fused-ring (bicyclic) bond motifs is 3. The van der Waals surface area contributed by atoms with Crippen molar-refractivity contribution in [2.75, 3.05) is 11.9 Å². The van der Waals surface area contributed by atoms with Crippen LogP contribution in [0.2, 0.25) is 0 Å². The van der Waals surface area contributed by atoms with Gasteiger partial charge in [-0.2, -0.15) is 5.10 Å². The lowest BCUT2D eigenvalue weighted by Crippen LogP contribution is -2.25. The summed E-state index contributed by atoms with van der Waals surface area (Å²) >= 11 is 1.78. The molecule has 4 heterocycles. The highest BCUT2D eigenvalue weighted by Crippen LogP contribution is 2.35. The first-order chi connectivity index (χ1) is 11.6. The molecule has 3 aromatic heterocycles. The summed E-state index contributed by atoms with van der Waals surface area (Å²) in [5.41, 5.74) is 3.66. The van der Waals surface area contributed by atoms with Crippen LogP contribution in [0, 0.1) is 13.8 Å². The van der Waals surface area contributed by atoms with Crippen LogP contribution >= 0.6 is 11.3 Å². The maximum atomic E-state index is 4.55. The number of aromatic nitrogens is 4. The Morgan fingerprint density at radius 2 is 2.25 bits per heavy atom. The molecule has 0 amide bonds. The predicted molar refractivity (Wildman–Crippen MR) is 97.6 cm³/mol. The molecular weight excluding hydrogens is 320 g/mol. The van der Waals surface area contributed by atoms with Crippen LogP contribution in [0.1, 0.15) is 28.8 Å². The summed E-state index contributed by atoms with van der Waals surface area (Å²) in [6.45, 7) is 9.08. The third-order valence-electron chi connectivity index (χ3n) is 4.44. The summed E-state index contributed by atoms with van der Waals surface area (Å²) in [6, 6.07) is 2.34. The van der Waals surface area contributed by atoms with Crippen LogP contribution in [-0.4, -0.2) is 32.3 Å². The van der Waals surface area contributed by atoms with Crippen molar-refractivity contribution in [3.63, 3.8) is 0 Å². The number of nitrogens with one attached hydrogen (secondary N) is 2. The van der Waals surface area contributed by atoms with Crippen LogP contribution in [0.5, 0.6) is 0 Å². The molecule has 0 aromatic carbocycles. The number of rotatable bonds is 4. The van der Waals surface area contributed by atoms with Gasteiger partial charge in [0, 0.05) is 23.2 Å². The van der Waals surface area contributed by atoms with E-state index in [2.05, 4.69) is 50.3 Å². The normalized spacial score (nSPS) is 15.5. The highest BCUT2D eigenvalue weighted by Gasteiger charge is 2.20. The average molecular weight is 342 g/mol. The van der Waals surface area contributed by atoms with Crippen LogP contribution in [0.4, 0.5) is 5.82 Å². The number of hydrogen-bond acceptors (Lipinski definition) is 6. The van der Waals surface area contributed by atoms with E-state index in [0.29, 0.717) is 0 Å². The van der Waals surface area contributed by atoms with E-state index in [-0.39, 0.29) is 6.04 Å². The molecule has 0 spiro atoms. The number of nitrogens with zero attached hydrogens (tertiary/aromatic N) is 4. The first kappa shape index (κ1) is 15.5. The molecule has 126 valence electrons. The smallest absolute Gasteiger partial charge is 0.138 e. The van der Waals surface area contributed by atoms with Gasteiger partial charge in [0.05, 0.1) is 17.6 Å². The van der Waals surface area contributed by atoms with Crippen LogP contribution in [0.15, 0.2) is 12.4 Å². The van der Waals surface area contributed by atoms with Gasteiger partial charge in [0.25, 0.3) is 0 Å². The number of thiophene rings is 1. The van der Waals surface area contributed by atoms with Crippen molar-refractivity contribution in [2.45, 2.75) is 46.3 Å². The Balaban J connectivity index is 1.62. The Kier molecular flexibility index (Phi) is 3.97. The zero-order valence-corrected chi connectivity index (χ0v) is 15.1. The van der Waals surface area contributed by atoms with Crippen LogP contribution < -0.4 is 10.6 Å². The zero-order chi connectivity index (χ0) is 16.7. The number of hydrogen-bond donors (Lipinski definition) is 2. The standard InChI is InChI=1S/C17H22N6S/c1-10-6-12(3)23(22-10)8-11(2)21-16-15-13-4-5-18-7-14(13)24-17(15)20-9-19-16/h6,9,11,18H,4-5,7-8H2,1-3H3,(H,19,20,21). The fourth-order valence-corrected chi connectivity index (χ4v) is 4.52. The second-order valence-corrected chi connectivity index (χ2v) is 7.57. The molecule has 0 fully saturated rings. The molecule has 0 saturated carbocycles. The summed E-state index contributed by atoms with van der Waals surface area (Å²) in [4.78, 5) is 11.5. The second kappa shape index (κ2) is 6.14. The molecule has 7 heteroatoms. The molecule has 1 atom stereocenters. The van der Waals surface area contributed by atoms with Gasteiger partial charge in [-0.1, -0.05) is 0 Å². The van der Waals surface area contributed by atoms with Crippen LogP contribution in [0.25, 0.3) is 10.2 Å². The first-order valence-corrected chi connectivity index (χ1v) is 9.17. The Hall–Kier alpha value is -1.99. The lowest BCUT2D eigenvalue weighted by atomic mass is 10.1. The van der Waals surface area contributed by atoms with Crippen LogP contribution in [-0.2, 0) is 19.5 Å². The molecule has 24 heavy (non-hydrogen) atoms. The number of anilines is 1. The lowest BCUT2D eigenvalue weighted by molar-refractivity contribution is 0.545. The third-order valence-corrected chi connectivity index (χ3v) is 5.58. The molecule has 0 saturated heterocycles. The molecule has 1 aliphatic heterocycles. The van der Waals surface area contributed by atoms with Gasteiger partial charge < -0.3 is 10.6 Å². The van der Waals surface area contributed by atoms with Crippen molar-refractivity contribution >= 4 is 27.4 Å². The summed E-state index contributed by atoms with van der Waals surface area (Å²) in [7, 11) is 0. The predicted octanol–water partition coefficient (Wildman–Crippen LogP) is 2.65. The zero-order valence-electron chi connectivity index (χ0n) is 14.3. The van der Waals surface area contributed by atoms with Gasteiger partial charge in [-0.25, -0.2) is 9.97 Å². The topological polar surface area (TPSA) is 67.7 Å². The molecule has 2 N–H and O–H groups in total. The fourth-order valence-electron chi connectivity index (χ4n) is 3.37. The molecule has 0 radical (unpaired) electrons. The summed E-state index contributed by atoms with van der Waals surface area (Å²) in [6.07, 6.45) is 2.71. The minimum absolute atomic E-state index is 0.235. The Morgan fingerprint density at radius 3 is 3.04 bits per heavy atom. The maximum Gasteiger partial charge on any atom is 0.138 e. The van der Waals surface area contributed by atoms with E-state index in [1.807, 2.05) is 6.92 Å². The Labute approximate surface area is 145 Å². The van der Waals surface area contributed by atoms with Crippen molar-refractivity contribution in [1.29, 1.82) is 0 Å². The van der Waals surface area contributed by atoms with E-state index in [1.54, 1.807) is 17.7 Å². The van der Waals surface area contributed by atoms with Gasteiger partial charge in [-0.3, -0.25) is 4.68 Å². The van der Waals surface area contributed by atoms with Crippen molar-refractivity contribution in [1.82, 2.24) is 25.1 Å². The highest BCUT2D eigenvalue weighted by molar-refractivity contribution is 7.18. The molecule has 1 unspecified atom stereocenters. The summed E-state index contributed by atoms with van der Waals surface area (Å²) in [5, 5.41) is 12.8. The maximum absolute atomic E-state index is 4.55. The molecule has 1 aliphatic rings. The summed E-state index contributed by atoms with van der Waals surface area (Å²) < 4.78 is 2.05. The Morgan fingerprint density at radius 1 is 1.38 bits per heavy atom. The van der Waals surface area contributed by atoms with Crippen molar-refractivity contribution in [3.05, 3.63) is 34.2 Å². The molecule has 0 aliphatic carbocycles. The molecular formula is C17H22N6S. The SMILES string of the molecule is Cc1cc(C)n(CC(C)Nc2ncnc3sc4c(c23)CCNC4)n1. The van der Waals surface area contributed by atoms with E-state index < -0.39 is 0 Å². The lowest BCUT2D eigenvalue weighted by Gasteiger charge is -2.17. The third kappa shape index (κ3) is 2.78. The fraction of sp³-hybridized carbons (Fsp3) is 0.471. The first-order valence-electron chi connectivity index (χ1n) is 8.35. The van der Waals surface area contributed by atoms with Gasteiger partial charge in [0.1, 0.15) is 17.0 Å². The molecule has 3 aromatic rings. The van der Waals surface area contributed by atoms with Gasteiger partial charge in [-0.15, -0.1) is 11.3 Å². The minimum Gasteiger partial charge on any atom is -0.365 e. The quantitative estimate of drug-likeness (QED) is 0.763. The van der Waals surface area contributed by atoms with Crippen molar-refractivity contribution in [3.8, 4) is 0 Å². The largest absolute Gasteiger partial charge is 0.365 e. The molecule has 4 rings (SSSR count). The van der Waals surface area contributed by atoms with Crippen LogP contribution in [0.3, 0.4) is 0 Å². The Bertz CT molecular complexity index is 881. The van der Waals surface area contributed by atoms with E-state index in [0.717, 1.165) is 42.4 Å². The minimum atomic E-state index is 0.235. The van der Waals surface area contributed by atoms with Gasteiger partial charge in [0.2, 0.25) is 0 Å². The average Bonchev–Trinajstić information content (AvgIpc) is 3.07. The monoisotopic (exact) mass is 342 g/mol.